The molecule has 1 aliphatic carbocycles. The van der Waals surface area contributed by atoms with Gasteiger partial charge in [0.15, 0.2) is 0 Å². The van der Waals surface area contributed by atoms with Crippen LogP contribution < -0.4 is 0 Å². The average molecular weight is 327 g/mol. The van der Waals surface area contributed by atoms with E-state index < -0.39 is 27.9 Å². The maximum absolute atomic E-state index is 11.5. The van der Waals surface area contributed by atoms with Crippen LogP contribution in [0.1, 0.15) is 37.9 Å². The summed E-state index contributed by atoms with van der Waals surface area (Å²) in [6, 6.07) is 6.87. The van der Waals surface area contributed by atoms with Crippen molar-refractivity contribution in [3.8, 4) is 0 Å². The molecule has 0 bridgehead atoms. The number of nitrogens with zero attached hydrogens (tertiary/aromatic N) is 1. The Kier molecular flexibility index (Phi) is 4.60. The lowest BCUT2D eigenvalue weighted by Crippen LogP contribution is -2.40. The van der Waals surface area contributed by atoms with E-state index in [-0.39, 0.29) is 0 Å². The molecule has 1 amide bonds. The number of rotatable bonds is 5. The highest BCUT2D eigenvalue weighted by molar-refractivity contribution is 7.86. The number of hydroxylamine groups is 2. The minimum Gasteiger partial charge on any atom is -0.276 e. The fourth-order valence-corrected chi connectivity index (χ4v) is 3.23. The summed E-state index contributed by atoms with van der Waals surface area (Å²) in [6.45, 7) is 5.45. The zero-order chi connectivity index (χ0) is 16.5. The van der Waals surface area contributed by atoms with E-state index in [1.807, 2.05) is 45.0 Å². The van der Waals surface area contributed by atoms with Gasteiger partial charge in [0.1, 0.15) is 12.1 Å². The maximum Gasteiger partial charge on any atom is 0.264 e. The van der Waals surface area contributed by atoms with Crippen LogP contribution in [0.4, 0.5) is 0 Å². The van der Waals surface area contributed by atoms with Crippen LogP contribution in [0.15, 0.2) is 24.3 Å². The van der Waals surface area contributed by atoms with Gasteiger partial charge in [-0.2, -0.15) is 8.42 Å². The molecule has 22 heavy (non-hydrogen) atoms. The second kappa shape index (κ2) is 5.98. The highest BCUT2D eigenvalue weighted by atomic mass is 32.2. The Bertz CT molecular complexity index is 650. The van der Waals surface area contributed by atoms with Crippen molar-refractivity contribution in [2.75, 3.05) is 6.26 Å². The number of amides is 1. The predicted molar refractivity (Wildman–Crippen MR) is 81.3 cm³/mol. The van der Waals surface area contributed by atoms with Crippen LogP contribution in [0.25, 0.3) is 0 Å². The number of carbonyl (C=O) groups is 1. The minimum absolute atomic E-state index is 0.408. The number of hydrogen-bond acceptors (Lipinski definition) is 5. The van der Waals surface area contributed by atoms with E-state index in [9.17, 15) is 13.2 Å². The van der Waals surface area contributed by atoms with Crippen LogP contribution in [0.3, 0.4) is 0 Å². The van der Waals surface area contributed by atoms with Gasteiger partial charge in [0.2, 0.25) is 6.41 Å². The van der Waals surface area contributed by atoms with Crippen molar-refractivity contribution in [3.05, 3.63) is 35.4 Å². The first-order valence-electron chi connectivity index (χ1n) is 6.99. The zero-order valence-corrected chi connectivity index (χ0v) is 14.0. The summed E-state index contributed by atoms with van der Waals surface area (Å²) in [5.41, 5.74) is 1.20. The Morgan fingerprint density at radius 2 is 1.91 bits per heavy atom. The third kappa shape index (κ3) is 4.06. The maximum atomic E-state index is 11.5. The van der Waals surface area contributed by atoms with Gasteiger partial charge in [0.25, 0.3) is 10.1 Å². The molecule has 1 aromatic carbocycles. The molecule has 1 aromatic rings. The summed E-state index contributed by atoms with van der Waals surface area (Å²) >= 11 is 0. The fraction of sp³-hybridized carbons (Fsp3) is 0.533. The topological polar surface area (TPSA) is 72.9 Å². The molecule has 0 saturated heterocycles. The van der Waals surface area contributed by atoms with Crippen LogP contribution in [0.2, 0.25) is 0 Å². The van der Waals surface area contributed by atoms with Crippen molar-refractivity contribution < 1.29 is 22.2 Å². The van der Waals surface area contributed by atoms with Crippen molar-refractivity contribution in [1.82, 2.24) is 5.06 Å². The van der Waals surface area contributed by atoms with Gasteiger partial charge < -0.3 is 0 Å². The molecule has 0 aliphatic heterocycles. The number of fused-ring (bicyclic) bond motifs is 1. The summed E-state index contributed by atoms with van der Waals surface area (Å²) in [5, 5.41) is 1.15. The first-order valence-corrected chi connectivity index (χ1v) is 8.81. The number of carbonyl (C=O) groups excluding carboxylic acids is 1. The molecule has 0 fully saturated rings. The second-order valence-electron chi connectivity index (χ2n) is 6.36. The first-order chi connectivity index (χ1) is 10.1. The monoisotopic (exact) mass is 327 g/mol. The van der Waals surface area contributed by atoms with Gasteiger partial charge >= 0.3 is 0 Å². The summed E-state index contributed by atoms with van der Waals surface area (Å²) in [5.74, 6) is 0. The predicted octanol–water partition coefficient (Wildman–Crippen LogP) is 1.82. The molecule has 0 spiro atoms. The third-order valence-corrected chi connectivity index (χ3v) is 3.80. The third-order valence-electron chi connectivity index (χ3n) is 3.20. The molecule has 0 aromatic heterocycles. The van der Waals surface area contributed by atoms with Gasteiger partial charge in [-0.25, -0.2) is 5.06 Å². The molecule has 122 valence electrons. The van der Waals surface area contributed by atoms with Crippen molar-refractivity contribution >= 4 is 16.5 Å². The molecular formula is C15H21NO5S. The van der Waals surface area contributed by atoms with Crippen molar-refractivity contribution in [1.29, 1.82) is 0 Å². The Morgan fingerprint density at radius 1 is 1.27 bits per heavy atom. The van der Waals surface area contributed by atoms with Gasteiger partial charge in [-0.15, -0.1) is 0 Å². The summed E-state index contributed by atoms with van der Waals surface area (Å²) in [4.78, 5) is 17.1. The SMILES string of the molecule is CC(C)(C)ON(C=O)[C@@H]1c2ccccc2C[C@@H]1OS(C)(=O)=O. The molecule has 6 nitrogen and oxygen atoms in total. The van der Waals surface area contributed by atoms with E-state index in [1.165, 1.54) is 0 Å². The fourth-order valence-electron chi connectivity index (χ4n) is 2.61. The van der Waals surface area contributed by atoms with E-state index in [0.717, 1.165) is 22.4 Å². The lowest BCUT2D eigenvalue weighted by atomic mass is 10.1. The summed E-state index contributed by atoms with van der Waals surface area (Å²) in [7, 11) is -3.64. The second-order valence-corrected chi connectivity index (χ2v) is 7.96. The molecule has 0 saturated carbocycles. The van der Waals surface area contributed by atoms with E-state index in [1.54, 1.807) is 0 Å². The minimum atomic E-state index is -3.64. The standard InChI is InChI=1S/C15H21NO5S/c1-15(2,3)21-16(10-17)14-12-8-6-5-7-11(12)9-13(14)20-22(4,18)19/h5-8,10,13-14H,9H2,1-4H3/t13-,14+/m0/s1. The van der Waals surface area contributed by atoms with Gasteiger partial charge in [-0.1, -0.05) is 24.3 Å². The van der Waals surface area contributed by atoms with Gasteiger partial charge in [0, 0.05) is 6.42 Å². The molecule has 2 atom stereocenters. The lowest BCUT2D eigenvalue weighted by Gasteiger charge is -2.33. The normalized spacial score (nSPS) is 21.5. The van der Waals surface area contributed by atoms with E-state index in [2.05, 4.69) is 0 Å². The Morgan fingerprint density at radius 3 is 2.45 bits per heavy atom. The molecule has 0 heterocycles. The summed E-state index contributed by atoms with van der Waals surface area (Å²) in [6.07, 6.45) is 1.28. The molecule has 0 N–H and O–H groups in total. The van der Waals surface area contributed by atoms with E-state index >= 15 is 0 Å². The van der Waals surface area contributed by atoms with Gasteiger partial charge in [-0.05, 0) is 31.9 Å². The smallest absolute Gasteiger partial charge is 0.264 e. The molecular weight excluding hydrogens is 306 g/mol. The van der Waals surface area contributed by atoms with Crippen LogP contribution in [-0.4, -0.2) is 37.9 Å². The highest BCUT2D eigenvalue weighted by Crippen LogP contribution is 2.38. The Hall–Kier alpha value is -1.44. The number of hydrogen-bond donors (Lipinski definition) is 0. The number of benzene rings is 1. The van der Waals surface area contributed by atoms with E-state index in [0.29, 0.717) is 12.8 Å². The quantitative estimate of drug-likeness (QED) is 0.468. The molecule has 1 aliphatic rings. The van der Waals surface area contributed by atoms with Crippen LogP contribution in [0, 0.1) is 0 Å². The van der Waals surface area contributed by atoms with Crippen LogP contribution in [-0.2, 0) is 30.4 Å². The van der Waals surface area contributed by atoms with Gasteiger partial charge in [-0.3, -0.25) is 13.8 Å². The average Bonchev–Trinajstić information content (AvgIpc) is 2.70. The first kappa shape index (κ1) is 16.9. The lowest BCUT2D eigenvalue weighted by molar-refractivity contribution is -0.241. The van der Waals surface area contributed by atoms with Crippen molar-refractivity contribution in [2.45, 2.75) is 44.9 Å². The largest absolute Gasteiger partial charge is 0.276 e. The molecule has 0 radical (unpaired) electrons. The van der Waals surface area contributed by atoms with Crippen LogP contribution >= 0.6 is 0 Å². The Labute approximate surface area is 131 Å². The highest BCUT2D eigenvalue weighted by Gasteiger charge is 2.41. The summed E-state index contributed by atoms with van der Waals surface area (Å²) < 4.78 is 28.2. The molecule has 7 heteroatoms. The van der Waals surface area contributed by atoms with Crippen molar-refractivity contribution in [2.24, 2.45) is 0 Å². The van der Waals surface area contributed by atoms with E-state index in [4.69, 9.17) is 9.02 Å². The van der Waals surface area contributed by atoms with Crippen molar-refractivity contribution in [3.63, 3.8) is 0 Å². The van der Waals surface area contributed by atoms with Gasteiger partial charge in [0.05, 0.1) is 11.9 Å². The Balaban J connectivity index is 2.38. The molecule has 2 rings (SSSR count). The molecule has 0 unspecified atom stereocenters. The van der Waals surface area contributed by atoms with Crippen LogP contribution in [0.5, 0.6) is 0 Å². The zero-order valence-electron chi connectivity index (χ0n) is 13.1.